The summed E-state index contributed by atoms with van der Waals surface area (Å²) in [7, 11) is 0. The molecule has 90 valence electrons. The van der Waals surface area contributed by atoms with Gasteiger partial charge in [-0.05, 0) is 0 Å². The normalized spacial score (nSPS) is 9.38. The minimum absolute atomic E-state index is 0.0205. The summed E-state index contributed by atoms with van der Waals surface area (Å²) in [5.41, 5.74) is 0. The number of hydrogen-bond donors (Lipinski definition) is 0. The van der Waals surface area contributed by atoms with Crippen molar-refractivity contribution in [3.63, 3.8) is 0 Å². The molecular weight excluding hydrogens is 216 g/mol. The van der Waals surface area contributed by atoms with Crippen LogP contribution in [-0.4, -0.2) is 36.7 Å². The van der Waals surface area contributed by atoms with Crippen molar-refractivity contribution in [3.8, 4) is 0 Å². The van der Waals surface area contributed by atoms with E-state index in [1.54, 1.807) is 0 Å². The highest BCUT2D eigenvalue weighted by Gasteiger charge is 2.09. The molecular formula is C10H14O6. The van der Waals surface area contributed by atoms with Gasteiger partial charge < -0.3 is 9.47 Å². The maximum atomic E-state index is 11.1. The molecule has 0 aromatic heterocycles. The lowest BCUT2D eigenvalue weighted by Crippen LogP contribution is -2.16. The van der Waals surface area contributed by atoms with Crippen molar-refractivity contribution in [2.75, 3.05) is 13.2 Å². The van der Waals surface area contributed by atoms with Crippen LogP contribution in [0.4, 0.5) is 0 Å². The fourth-order valence-electron chi connectivity index (χ4n) is 0.787. The third kappa shape index (κ3) is 8.86. The second kappa shape index (κ2) is 7.56. The quantitative estimate of drug-likeness (QED) is 0.573. The minimum atomic E-state index is -0.542. The monoisotopic (exact) mass is 230 g/mol. The molecule has 0 aromatic carbocycles. The van der Waals surface area contributed by atoms with Gasteiger partial charge in [0, 0.05) is 26.7 Å². The van der Waals surface area contributed by atoms with Crippen LogP contribution >= 0.6 is 0 Å². The molecule has 0 saturated heterocycles. The zero-order valence-electron chi connectivity index (χ0n) is 9.28. The van der Waals surface area contributed by atoms with E-state index in [9.17, 15) is 19.2 Å². The van der Waals surface area contributed by atoms with Gasteiger partial charge in [0.1, 0.15) is 13.2 Å². The summed E-state index contributed by atoms with van der Waals surface area (Å²) in [4.78, 5) is 42.8. The van der Waals surface area contributed by atoms with Crippen molar-refractivity contribution in [1.29, 1.82) is 0 Å². The van der Waals surface area contributed by atoms with Crippen LogP contribution in [0.3, 0.4) is 0 Å². The molecule has 0 bridgehead atoms. The van der Waals surface area contributed by atoms with Crippen molar-refractivity contribution in [2.24, 2.45) is 0 Å². The fourth-order valence-corrected chi connectivity index (χ4v) is 0.787. The number of ketones is 2. The Morgan fingerprint density at radius 3 is 1.31 bits per heavy atom. The first-order valence-electron chi connectivity index (χ1n) is 4.72. The molecule has 0 rings (SSSR count). The Kier molecular flexibility index (Phi) is 6.74. The van der Waals surface area contributed by atoms with Gasteiger partial charge in [-0.25, -0.2) is 0 Å². The number of ether oxygens (including phenoxy) is 2. The lowest BCUT2D eigenvalue weighted by Gasteiger charge is -2.02. The molecule has 0 saturated carbocycles. The summed E-state index contributed by atoms with van der Waals surface area (Å²) in [6, 6.07) is 0. The Balaban J connectivity index is 3.63. The molecule has 6 heteroatoms. The van der Waals surface area contributed by atoms with Gasteiger partial charge >= 0.3 is 11.9 Å². The highest BCUT2D eigenvalue weighted by molar-refractivity contribution is 5.88. The van der Waals surface area contributed by atoms with E-state index in [1.165, 1.54) is 13.8 Å². The maximum Gasteiger partial charge on any atom is 0.303 e. The zero-order valence-corrected chi connectivity index (χ0v) is 9.28. The standard InChI is InChI=1S/C10H14O6/c1-7(11)15-5-9(13)3-4-10(14)6-16-8(2)12/h3-6H2,1-2H3. The average Bonchev–Trinajstić information content (AvgIpc) is 2.20. The van der Waals surface area contributed by atoms with Crippen molar-refractivity contribution in [3.05, 3.63) is 0 Å². The Labute approximate surface area is 92.9 Å². The Hall–Kier alpha value is -1.72. The van der Waals surface area contributed by atoms with E-state index in [0.717, 1.165) is 0 Å². The molecule has 0 unspecified atom stereocenters. The van der Waals surface area contributed by atoms with Gasteiger partial charge in [0.2, 0.25) is 0 Å². The Bertz CT molecular complexity index is 264. The summed E-state index contributed by atoms with van der Waals surface area (Å²) < 4.78 is 8.90. The molecule has 0 spiro atoms. The lowest BCUT2D eigenvalue weighted by molar-refractivity contribution is -0.147. The second-order valence-corrected chi connectivity index (χ2v) is 3.14. The third-order valence-electron chi connectivity index (χ3n) is 1.56. The van der Waals surface area contributed by atoms with Crippen LogP contribution in [0.5, 0.6) is 0 Å². The SMILES string of the molecule is CC(=O)OCC(=O)CCC(=O)COC(C)=O. The van der Waals surface area contributed by atoms with Crippen LogP contribution in [0.1, 0.15) is 26.7 Å². The summed E-state index contributed by atoms with van der Waals surface area (Å²) in [5, 5.41) is 0. The first-order chi connectivity index (χ1) is 7.41. The number of carbonyl (C=O) groups is 4. The maximum absolute atomic E-state index is 11.1. The highest BCUT2D eigenvalue weighted by Crippen LogP contribution is 1.95. The number of esters is 2. The van der Waals surface area contributed by atoms with Gasteiger partial charge in [-0.15, -0.1) is 0 Å². The number of rotatable bonds is 7. The second-order valence-electron chi connectivity index (χ2n) is 3.14. The number of Topliss-reactive ketones (excluding diaryl/α,β-unsaturated/α-hetero) is 2. The van der Waals surface area contributed by atoms with E-state index in [-0.39, 0.29) is 37.6 Å². The predicted molar refractivity (Wildman–Crippen MR) is 52.5 cm³/mol. The first-order valence-corrected chi connectivity index (χ1v) is 4.72. The molecule has 0 aromatic rings. The van der Waals surface area contributed by atoms with Crippen molar-refractivity contribution < 1.29 is 28.7 Å². The Morgan fingerprint density at radius 1 is 0.750 bits per heavy atom. The van der Waals surface area contributed by atoms with Crippen molar-refractivity contribution in [1.82, 2.24) is 0 Å². The van der Waals surface area contributed by atoms with Gasteiger partial charge in [0.25, 0.3) is 0 Å². The average molecular weight is 230 g/mol. The van der Waals surface area contributed by atoms with E-state index in [4.69, 9.17) is 0 Å². The highest BCUT2D eigenvalue weighted by atomic mass is 16.5. The van der Waals surface area contributed by atoms with Gasteiger partial charge in [-0.2, -0.15) is 0 Å². The molecule has 0 radical (unpaired) electrons. The molecule has 0 aliphatic rings. The van der Waals surface area contributed by atoms with Crippen LogP contribution in [-0.2, 0) is 28.7 Å². The van der Waals surface area contributed by atoms with Crippen molar-refractivity contribution >= 4 is 23.5 Å². The van der Waals surface area contributed by atoms with E-state index < -0.39 is 11.9 Å². The molecule has 0 atom stereocenters. The van der Waals surface area contributed by atoms with Crippen LogP contribution in [0.2, 0.25) is 0 Å². The van der Waals surface area contributed by atoms with Gasteiger partial charge in [-0.3, -0.25) is 19.2 Å². The summed E-state index contributed by atoms with van der Waals surface area (Å²) in [6.07, 6.45) is -0.0409. The van der Waals surface area contributed by atoms with E-state index in [0.29, 0.717) is 0 Å². The number of hydrogen-bond acceptors (Lipinski definition) is 6. The van der Waals surface area contributed by atoms with E-state index >= 15 is 0 Å². The van der Waals surface area contributed by atoms with E-state index in [1.807, 2.05) is 0 Å². The summed E-state index contributed by atoms with van der Waals surface area (Å²) in [6.45, 7) is 1.74. The molecule has 6 nitrogen and oxygen atoms in total. The van der Waals surface area contributed by atoms with Gasteiger partial charge in [0.05, 0.1) is 0 Å². The molecule has 0 fully saturated rings. The van der Waals surface area contributed by atoms with Crippen LogP contribution in [0.25, 0.3) is 0 Å². The molecule has 16 heavy (non-hydrogen) atoms. The third-order valence-corrected chi connectivity index (χ3v) is 1.56. The summed E-state index contributed by atoms with van der Waals surface area (Å²) >= 11 is 0. The molecule has 0 aliphatic carbocycles. The minimum Gasteiger partial charge on any atom is -0.458 e. The zero-order chi connectivity index (χ0) is 12.6. The predicted octanol–water partition coefficient (Wildman–Crippen LogP) is 0.0310. The summed E-state index contributed by atoms with van der Waals surface area (Å²) in [5.74, 6) is -1.77. The number of carbonyl (C=O) groups excluding carboxylic acids is 4. The van der Waals surface area contributed by atoms with Gasteiger partial charge in [-0.1, -0.05) is 0 Å². The topological polar surface area (TPSA) is 86.7 Å². The largest absolute Gasteiger partial charge is 0.458 e. The smallest absolute Gasteiger partial charge is 0.303 e. The van der Waals surface area contributed by atoms with Crippen LogP contribution in [0, 0.1) is 0 Å². The van der Waals surface area contributed by atoms with Crippen molar-refractivity contribution in [2.45, 2.75) is 26.7 Å². The van der Waals surface area contributed by atoms with Gasteiger partial charge in [0.15, 0.2) is 11.6 Å². The molecule has 0 aliphatic heterocycles. The van der Waals surface area contributed by atoms with Crippen LogP contribution in [0.15, 0.2) is 0 Å². The molecule has 0 N–H and O–H groups in total. The Morgan fingerprint density at radius 2 is 1.06 bits per heavy atom. The first kappa shape index (κ1) is 14.3. The lowest BCUT2D eigenvalue weighted by atomic mass is 10.2. The molecule has 0 heterocycles. The molecule has 0 amide bonds. The van der Waals surface area contributed by atoms with E-state index in [2.05, 4.69) is 9.47 Å². The van der Waals surface area contributed by atoms with Crippen LogP contribution < -0.4 is 0 Å². The fraction of sp³-hybridized carbons (Fsp3) is 0.600.